The quantitative estimate of drug-likeness (QED) is 0.766. The highest BCUT2D eigenvalue weighted by Gasteiger charge is 2.18. The van der Waals surface area contributed by atoms with Gasteiger partial charge in [-0.2, -0.15) is 0 Å². The molecule has 0 bridgehead atoms. The zero-order chi connectivity index (χ0) is 12.1. The Morgan fingerprint density at radius 3 is 2.69 bits per heavy atom. The minimum absolute atomic E-state index is 0.142. The number of aliphatic hydroxyl groups is 1. The molecule has 0 fully saturated rings. The second kappa shape index (κ2) is 5.79. The van der Waals surface area contributed by atoms with Crippen molar-refractivity contribution in [2.45, 2.75) is 19.6 Å². The fourth-order valence-electron chi connectivity index (χ4n) is 1.67. The van der Waals surface area contributed by atoms with Crippen molar-refractivity contribution in [2.24, 2.45) is 5.73 Å². The van der Waals surface area contributed by atoms with Gasteiger partial charge in [-0.1, -0.05) is 0 Å². The lowest BCUT2D eigenvalue weighted by molar-refractivity contribution is 0.181. The Kier molecular flexibility index (Phi) is 4.67. The Balaban J connectivity index is 3.28. The molecule has 0 aliphatic carbocycles. The minimum atomic E-state index is -0.484. The van der Waals surface area contributed by atoms with E-state index in [-0.39, 0.29) is 6.61 Å². The molecule has 0 saturated carbocycles. The van der Waals surface area contributed by atoms with Crippen LogP contribution in [0.15, 0.2) is 6.20 Å². The molecule has 1 aromatic rings. The Bertz CT molecular complexity index is 355. The molecule has 0 saturated heterocycles. The van der Waals surface area contributed by atoms with Gasteiger partial charge in [0.05, 0.1) is 32.1 Å². The van der Waals surface area contributed by atoms with E-state index in [2.05, 4.69) is 4.98 Å². The smallest absolute Gasteiger partial charge is 0.145 e. The molecule has 1 rings (SSSR count). The predicted molar refractivity (Wildman–Crippen MR) is 60.3 cm³/mol. The number of methoxy groups -OCH3 is 2. The first-order chi connectivity index (χ1) is 7.65. The van der Waals surface area contributed by atoms with Crippen molar-refractivity contribution in [3.05, 3.63) is 23.0 Å². The van der Waals surface area contributed by atoms with Crippen LogP contribution in [-0.2, 0) is 11.3 Å². The van der Waals surface area contributed by atoms with E-state index in [0.717, 1.165) is 16.8 Å². The van der Waals surface area contributed by atoms with Crippen LogP contribution >= 0.6 is 0 Å². The van der Waals surface area contributed by atoms with Crippen molar-refractivity contribution >= 4 is 0 Å². The first kappa shape index (κ1) is 12.9. The summed E-state index contributed by atoms with van der Waals surface area (Å²) in [7, 11) is 3.16. The predicted octanol–water partition coefficient (Wildman–Crippen LogP) is 0.537. The summed E-state index contributed by atoms with van der Waals surface area (Å²) in [4.78, 5) is 4.20. The summed E-state index contributed by atoms with van der Waals surface area (Å²) in [5.74, 6) is 0.621. The average Bonchev–Trinajstić information content (AvgIpc) is 2.30. The number of hydrogen-bond donors (Lipinski definition) is 2. The number of aliphatic hydroxyl groups excluding tert-OH is 1. The summed E-state index contributed by atoms with van der Waals surface area (Å²) in [6.07, 6.45) is 1.70. The Labute approximate surface area is 95.2 Å². The van der Waals surface area contributed by atoms with Crippen LogP contribution in [0.4, 0.5) is 0 Å². The Hall–Kier alpha value is -1.17. The zero-order valence-corrected chi connectivity index (χ0v) is 9.86. The Morgan fingerprint density at radius 1 is 1.50 bits per heavy atom. The van der Waals surface area contributed by atoms with Crippen molar-refractivity contribution in [3.63, 3.8) is 0 Å². The monoisotopic (exact) mass is 226 g/mol. The third kappa shape index (κ3) is 2.49. The van der Waals surface area contributed by atoms with Crippen LogP contribution in [0.25, 0.3) is 0 Å². The van der Waals surface area contributed by atoms with E-state index in [4.69, 9.17) is 20.3 Å². The van der Waals surface area contributed by atoms with Crippen LogP contribution in [-0.4, -0.2) is 30.9 Å². The van der Waals surface area contributed by atoms with Crippen LogP contribution in [0.2, 0.25) is 0 Å². The average molecular weight is 226 g/mol. The standard InChI is InChI=1S/C11H18N2O3/c1-7-11(16-3)10(9(12)5-14)8(4-13-7)6-15-2/h4,9,14H,5-6,12H2,1-3H3. The maximum atomic E-state index is 9.15. The highest BCUT2D eigenvalue weighted by Crippen LogP contribution is 2.29. The molecule has 5 nitrogen and oxygen atoms in total. The second-order valence-corrected chi connectivity index (χ2v) is 3.54. The van der Waals surface area contributed by atoms with Gasteiger partial charge in [-0.15, -0.1) is 0 Å². The minimum Gasteiger partial charge on any atom is -0.494 e. The van der Waals surface area contributed by atoms with Crippen LogP contribution in [0.1, 0.15) is 22.9 Å². The number of nitrogens with zero attached hydrogens (tertiary/aromatic N) is 1. The highest BCUT2D eigenvalue weighted by molar-refractivity contribution is 5.43. The number of pyridine rings is 1. The number of aromatic nitrogens is 1. The Morgan fingerprint density at radius 2 is 2.19 bits per heavy atom. The lowest BCUT2D eigenvalue weighted by atomic mass is 10.0. The molecular weight excluding hydrogens is 208 g/mol. The summed E-state index contributed by atoms with van der Waals surface area (Å²) in [5, 5.41) is 9.15. The van der Waals surface area contributed by atoms with Crippen molar-refractivity contribution in [3.8, 4) is 5.75 Å². The molecule has 0 aromatic carbocycles. The van der Waals surface area contributed by atoms with Gasteiger partial charge in [0.15, 0.2) is 0 Å². The third-order valence-corrected chi connectivity index (χ3v) is 2.40. The lowest BCUT2D eigenvalue weighted by Gasteiger charge is -2.18. The molecule has 16 heavy (non-hydrogen) atoms. The maximum absolute atomic E-state index is 9.15. The fourth-order valence-corrected chi connectivity index (χ4v) is 1.67. The van der Waals surface area contributed by atoms with Gasteiger partial charge in [-0.25, -0.2) is 0 Å². The van der Waals surface area contributed by atoms with E-state index >= 15 is 0 Å². The molecule has 90 valence electrons. The molecule has 3 N–H and O–H groups in total. The third-order valence-electron chi connectivity index (χ3n) is 2.40. The molecule has 0 aliphatic rings. The molecule has 1 heterocycles. The van der Waals surface area contributed by atoms with Crippen LogP contribution < -0.4 is 10.5 Å². The van der Waals surface area contributed by atoms with Gasteiger partial charge >= 0.3 is 0 Å². The van der Waals surface area contributed by atoms with Crippen LogP contribution in [0, 0.1) is 6.92 Å². The first-order valence-corrected chi connectivity index (χ1v) is 5.03. The number of nitrogens with two attached hydrogens (primary N) is 1. The molecule has 0 aliphatic heterocycles. The number of rotatable bonds is 5. The van der Waals surface area contributed by atoms with E-state index in [1.54, 1.807) is 20.4 Å². The second-order valence-electron chi connectivity index (χ2n) is 3.54. The van der Waals surface area contributed by atoms with Crippen molar-refractivity contribution in [2.75, 3.05) is 20.8 Å². The molecule has 0 amide bonds. The van der Waals surface area contributed by atoms with Gasteiger partial charge in [0, 0.05) is 24.4 Å². The van der Waals surface area contributed by atoms with E-state index in [0.29, 0.717) is 12.4 Å². The first-order valence-electron chi connectivity index (χ1n) is 5.03. The topological polar surface area (TPSA) is 77.6 Å². The van der Waals surface area contributed by atoms with Gasteiger partial charge in [0.1, 0.15) is 5.75 Å². The van der Waals surface area contributed by atoms with E-state index < -0.39 is 6.04 Å². The fraction of sp³-hybridized carbons (Fsp3) is 0.545. The largest absolute Gasteiger partial charge is 0.494 e. The zero-order valence-electron chi connectivity index (χ0n) is 9.86. The van der Waals surface area contributed by atoms with Gasteiger partial charge in [-0.3, -0.25) is 4.98 Å². The number of ether oxygens (including phenoxy) is 2. The maximum Gasteiger partial charge on any atom is 0.145 e. The molecule has 5 heteroatoms. The van der Waals surface area contributed by atoms with Crippen LogP contribution in [0.5, 0.6) is 5.75 Å². The van der Waals surface area contributed by atoms with Gasteiger partial charge in [0.25, 0.3) is 0 Å². The molecule has 1 atom stereocenters. The normalized spacial score (nSPS) is 12.6. The SMILES string of the molecule is COCc1cnc(C)c(OC)c1C(N)CO. The molecule has 0 radical (unpaired) electrons. The molecule has 0 spiro atoms. The van der Waals surface area contributed by atoms with Crippen molar-refractivity contribution < 1.29 is 14.6 Å². The number of hydrogen-bond acceptors (Lipinski definition) is 5. The van der Waals surface area contributed by atoms with E-state index in [1.807, 2.05) is 6.92 Å². The summed E-state index contributed by atoms with van der Waals surface area (Å²) in [5.41, 5.74) is 8.21. The van der Waals surface area contributed by atoms with E-state index in [9.17, 15) is 0 Å². The van der Waals surface area contributed by atoms with Crippen molar-refractivity contribution in [1.82, 2.24) is 4.98 Å². The van der Waals surface area contributed by atoms with Gasteiger partial charge in [0.2, 0.25) is 0 Å². The molecule has 1 aromatic heterocycles. The molecule has 1 unspecified atom stereocenters. The summed E-state index contributed by atoms with van der Waals surface area (Å²) < 4.78 is 10.3. The number of aryl methyl sites for hydroxylation is 1. The van der Waals surface area contributed by atoms with Crippen LogP contribution in [0.3, 0.4) is 0 Å². The van der Waals surface area contributed by atoms with Gasteiger partial charge in [-0.05, 0) is 6.92 Å². The summed E-state index contributed by atoms with van der Waals surface area (Å²) in [6, 6.07) is -0.484. The molecular formula is C11H18N2O3. The highest BCUT2D eigenvalue weighted by atomic mass is 16.5. The summed E-state index contributed by atoms with van der Waals surface area (Å²) in [6.45, 7) is 2.09. The summed E-state index contributed by atoms with van der Waals surface area (Å²) >= 11 is 0. The lowest BCUT2D eigenvalue weighted by Crippen LogP contribution is -2.19. The van der Waals surface area contributed by atoms with Gasteiger partial charge < -0.3 is 20.3 Å². The van der Waals surface area contributed by atoms with Crippen molar-refractivity contribution in [1.29, 1.82) is 0 Å². The van der Waals surface area contributed by atoms with E-state index in [1.165, 1.54) is 0 Å².